The van der Waals surface area contributed by atoms with E-state index >= 15 is 0 Å². The molecular formula is C22H19ClF4N6O. The van der Waals surface area contributed by atoms with Crippen LogP contribution in [0.1, 0.15) is 30.8 Å². The Labute approximate surface area is 197 Å². The lowest BCUT2D eigenvalue weighted by Gasteiger charge is -2.16. The van der Waals surface area contributed by atoms with E-state index in [0.717, 1.165) is 11.1 Å². The minimum atomic E-state index is -4.73. The summed E-state index contributed by atoms with van der Waals surface area (Å²) in [7, 11) is 1.43. The van der Waals surface area contributed by atoms with Gasteiger partial charge in [-0.2, -0.15) is 23.4 Å². The molecule has 7 nitrogen and oxygen atoms in total. The van der Waals surface area contributed by atoms with E-state index in [9.17, 15) is 22.4 Å². The first kappa shape index (κ1) is 23.7. The van der Waals surface area contributed by atoms with Crippen molar-refractivity contribution < 1.29 is 22.4 Å². The van der Waals surface area contributed by atoms with Gasteiger partial charge in [0.1, 0.15) is 17.2 Å². The molecule has 12 heteroatoms. The molecule has 34 heavy (non-hydrogen) atoms. The lowest BCUT2D eigenvalue weighted by molar-refractivity contribution is -0.142. The van der Waals surface area contributed by atoms with Gasteiger partial charge in [0, 0.05) is 24.2 Å². The van der Waals surface area contributed by atoms with E-state index in [2.05, 4.69) is 20.5 Å². The van der Waals surface area contributed by atoms with Crippen molar-refractivity contribution in [1.82, 2.24) is 19.8 Å². The molecule has 4 rings (SSSR count). The van der Waals surface area contributed by atoms with Crippen LogP contribution in [0, 0.1) is 11.2 Å². The molecule has 1 aliphatic rings. The Balaban J connectivity index is 1.64. The molecule has 1 aliphatic heterocycles. The number of hydrogen-bond acceptors (Lipinski definition) is 5. The van der Waals surface area contributed by atoms with Crippen molar-refractivity contribution in [2.75, 3.05) is 12.4 Å². The number of carbonyl (C=O) groups is 1. The van der Waals surface area contributed by atoms with E-state index in [4.69, 9.17) is 11.6 Å². The highest BCUT2D eigenvalue weighted by atomic mass is 35.5. The number of benzene rings is 1. The lowest BCUT2D eigenvalue weighted by atomic mass is 9.85. The Morgan fingerprint density at radius 1 is 1.18 bits per heavy atom. The van der Waals surface area contributed by atoms with Crippen LogP contribution in [0.4, 0.5) is 23.2 Å². The van der Waals surface area contributed by atoms with Gasteiger partial charge in [-0.05, 0) is 44.2 Å². The third kappa shape index (κ3) is 4.23. The van der Waals surface area contributed by atoms with Gasteiger partial charge in [0.25, 0.3) is 5.91 Å². The van der Waals surface area contributed by atoms with Gasteiger partial charge >= 0.3 is 6.18 Å². The van der Waals surface area contributed by atoms with Crippen molar-refractivity contribution in [3.63, 3.8) is 0 Å². The standard InChI is InChI=1S/C22H19ClF4N6O/c1-21(2)19(31-32(3)20(21)34)16-9-17(22(25,26)27)33(30-16)18-8-7-12(10-29-18)28-11-13-14(23)5-4-6-15(13)24/h4-10,28H,11H2,1-3H3. The van der Waals surface area contributed by atoms with Crippen molar-refractivity contribution in [2.45, 2.75) is 26.6 Å². The number of anilines is 1. The topological polar surface area (TPSA) is 75.4 Å². The fourth-order valence-corrected chi connectivity index (χ4v) is 3.81. The molecule has 178 valence electrons. The molecule has 0 saturated carbocycles. The lowest BCUT2D eigenvalue weighted by Crippen LogP contribution is -2.33. The van der Waals surface area contributed by atoms with E-state index in [-0.39, 0.29) is 40.3 Å². The molecule has 0 radical (unpaired) electrons. The molecule has 0 unspecified atom stereocenters. The summed E-state index contributed by atoms with van der Waals surface area (Å²) in [5, 5.41) is 12.4. The highest BCUT2D eigenvalue weighted by Gasteiger charge is 2.45. The number of hydrazone groups is 1. The number of halogens is 5. The molecule has 0 aliphatic carbocycles. The van der Waals surface area contributed by atoms with Gasteiger partial charge in [0.05, 0.1) is 17.3 Å². The maximum atomic E-state index is 13.9. The second kappa shape index (κ2) is 8.39. The molecule has 1 aromatic carbocycles. The van der Waals surface area contributed by atoms with E-state index in [1.807, 2.05) is 0 Å². The highest BCUT2D eigenvalue weighted by molar-refractivity contribution is 6.31. The van der Waals surface area contributed by atoms with Crippen LogP contribution >= 0.6 is 11.6 Å². The number of aromatic nitrogens is 3. The molecule has 1 amide bonds. The number of nitrogens with zero attached hydrogens (tertiary/aromatic N) is 5. The fraction of sp³-hybridized carbons (Fsp3) is 0.273. The van der Waals surface area contributed by atoms with Crippen LogP contribution in [-0.2, 0) is 17.5 Å². The maximum absolute atomic E-state index is 13.9. The smallest absolute Gasteiger partial charge is 0.380 e. The van der Waals surface area contributed by atoms with E-state index in [1.165, 1.54) is 37.5 Å². The number of alkyl halides is 3. The zero-order chi connectivity index (χ0) is 24.8. The molecule has 3 heterocycles. The number of hydrogen-bond donors (Lipinski definition) is 1. The minimum absolute atomic E-state index is 0.0582. The Kier molecular flexibility index (Phi) is 5.84. The van der Waals surface area contributed by atoms with Crippen LogP contribution in [0.3, 0.4) is 0 Å². The number of pyridine rings is 1. The fourth-order valence-electron chi connectivity index (χ4n) is 3.58. The molecule has 3 aromatic rings. The summed E-state index contributed by atoms with van der Waals surface area (Å²) < 4.78 is 55.9. The summed E-state index contributed by atoms with van der Waals surface area (Å²) >= 11 is 6.01. The van der Waals surface area contributed by atoms with Gasteiger partial charge in [-0.1, -0.05) is 17.7 Å². The first-order chi connectivity index (χ1) is 15.9. The van der Waals surface area contributed by atoms with Crippen molar-refractivity contribution in [3.8, 4) is 5.82 Å². The quantitative estimate of drug-likeness (QED) is 0.512. The normalized spacial score (nSPS) is 15.6. The zero-order valence-corrected chi connectivity index (χ0v) is 19.0. The SMILES string of the molecule is CN1N=C(c2cc(C(F)(F)F)n(-c3ccc(NCc4c(F)cccc4Cl)cn3)n2)C(C)(C)C1=O. The van der Waals surface area contributed by atoms with E-state index < -0.39 is 23.1 Å². The third-order valence-electron chi connectivity index (χ3n) is 5.41. The number of rotatable bonds is 5. The average Bonchev–Trinajstić information content (AvgIpc) is 3.29. The van der Waals surface area contributed by atoms with Gasteiger partial charge in [0.15, 0.2) is 11.5 Å². The van der Waals surface area contributed by atoms with Gasteiger partial charge < -0.3 is 5.32 Å². The van der Waals surface area contributed by atoms with Crippen molar-refractivity contribution in [1.29, 1.82) is 0 Å². The van der Waals surface area contributed by atoms with Crippen molar-refractivity contribution >= 4 is 28.9 Å². The average molecular weight is 495 g/mol. The predicted octanol–water partition coefficient (Wildman–Crippen LogP) is 4.89. The van der Waals surface area contributed by atoms with Gasteiger partial charge in [0.2, 0.25) is 0 Å². The number of nitrogens with one attached hydrogen (secondary N) is 1. The summed E-state index contributed by atoms with van der Waals surface area (Å²) in [6.07, 6.45) is -3.43. The second-order valence-electron chi connectivity index (χ2n) is 8.19. The van der Waals surface area contributed by atoms with Crippen LogP contribution in [0.25, 0.3) is 5.82 Å². The highest BCUT2D eigenvalue weighted by Crippen LogP contribution is 2.35. The molecule has 0 spiro atoms. The number of carbonyl (C=O) groups excluding carboxylic acids is 1. The Morgan fingerprint density at radius 3 is 2.47 bits per heavy atom. The van der Waals surface area contributed by atoms with Crippen molar-refractivity contribution in [3.05, 3.63) is 70.4 Å². The van der Waals surface area contributed by atoms with Crippen LogP contribution in [0.15, 0.2) is 47.7 Å². The first-order valence-corrected chi connectivity index (χ1v) is 10.5. The van der Waals surface area contributed by atoms with Gasteiger partial charge in [-0.15, -0.1) is 0 Å². The van der Waals surface area contributed by atoms with Crippen molar-refractivity contribution in [2.24, 2.45) is 10.5 Å². The molecule has 1 N–H and O–H groups in total. The summed E-state index contributed by atoms with van der Waals surface area (Å²) in [6, 6.07) is 8.00. The number of amides is 1. The van der Waals surface area contributed by atoms with Crippen LogP contribution in [0.2, 0.25) is 5.02 Å². The Hall–Kier alpha value is -3.47. The summed E-state index contributed by atoms with van der Waals surface area (Å²) in [5.74, 6) is -0.927. The Bertz CT molecular complexity index is 1260. The Morgan fingerprint density at radius 2 is 1.91 bits per heavy atom. The zero-order valence-electron chi connectivity index (χ0n) is 18.3. The monoisotopic (exact) mass is 494 g/mol. The first-order valence-electron chi connectivity index (χ1n) is 10.1. The minimum Gasteiger partial charge on any atom is -0.380 e. The maximum Gasteiger partial charge on any atom is 0.433 e. The second-order valence-corrected chi connectivity index (χ2v) is 8.59. The molecule has 0 fully saturated rings. The van der Waals surface area contributed by atoms with Crippen LogP contribution in [0.5, 0.6) is 0 Å². The third-order valence-corrected chi connectivity index (χ3v) is 5.76. The van der Waals surface area contributed by atoms with E-state index in [1.54, 1.807) is 19.9 Å². The van der Waals surface area contributed by atoms with Crippen LogP contribution in [-0.4, -0.2) is 38.4 Å². The summed E-state index contributed by atoms with van der Waals surface area (Å²) in [4.78, 5) is 16.4. The van der Waals surface area contributed by atoms with Crippen LogP contribution < -0.4 is 5.32 Å². The van der Waals surface area contributed by atoms with Gasteiger partial charge in [-0.25, -0.2) is 19.1 Å². The molecular weight excluding hydrogens is 476 g/mol. The summed E-state index contributed by atoms with van der Waals surface area (Å²) in [5.41, 5.74) is -1.44. The largest absolute Gasteiger partial charge is 0.433 e. The van der Waals surface area contributed by atoms with Gasteiger partial charge in [-0.3, -0.25) is 4.79 Å². The van der Waals surface area contributed by atoms with E-state index in [0.29, 0.717) is 10.4 Å². The molecule has 0 saturated heterocycles. The molecule has 0 atom stereocenters. The predicted molar refractivity (Wildman–Crippen MR) is 118 cm³/mol. The summed E-state index contributed by atoms with van der Waals surface area (Å²) in [6.45, 7) is 3.21. The molecule has 0 bridgehead atoms. The molecule has 2 aromatic heterocycles.